The van der Waals surface area contributed by atoms with Crippen LogP contribution in [0.2, 0.25) is 0 Å². The maximum Gasteiger partial charge on any atom is 0.174 e. The number of ketones is 1. The van der Waals surface area contributed by atoms with Crippen molar-refractivity contribution in [3.8, 4) is 0 Å². The lowest BCUT2D eigenvalue weighted by Crippen LogP contribution is -2.38. The lowest BCUT2D eigenvalue weighted by Gasteiger charge is -2.36. The molecule has 1 aliphatic carbocycles. The minimum Gasteiger partial charge on any atom is -0.469 e. The number of nitrogens with one attached hydrogen (secondary N) is 1. The molecule has 0 amide bonds. The Labute approximate surface area is 254 Å². The Morgan fingerprint density at radius 3 is 2.63 bits per heavy atom. The number of H-pyrrole nitrogens is 1. The van der Waals surface area contributed by atoms with Crippen LogP contribution in [0.15, 0.2) is 47.1 Å². The van der Waals surface area contributed by atoms with Gasteiger partial charge in [0.1, 0.15) is 11.5 Å². The van der Waals surface area contributed by atoms with Gasteiger partial charge in [0.05, 0.1) is 18.5 Å². The Hall–Kier alpha value is -2.66. The molecular formula is C33H48N4O6. The van der Waals surface area contributed by atoms with Crippen molar-refractivity contribution in [2.75, 3.05) is 13.2 Å². The van der Waals surface area contributed by atoms with Crippen molar-refractivity contribution in [3.63, 3.8) is 0 Å². The fourth-order valence-electron chi connectivity index (χ4n) is 6.35. The monoisotopic (exact) mass is 596 g/mol. The van der Waals surface area contributed by atoms with E-state index in [0.29, 0.717) is 19.4 Å². The number of aromatic nitrogens is 4. The Balaban J connectivity index is 1.30. The van der Waals surface area contributed by atoms with Crippen LogP contribution in [0, 0.1) is 17.3 Å². The highest BCUT2D eigenvalue weighted by Crippen LogP contribution is 2.39. The van der Waals surface area contributed by atoms with E-state index in [2.05, 4.69) is 58.8 Å². The number of allylic oxidation sites excluding steroid dienone is 2. The van der Waals surface area contributed by atoms with E-state index in [0.717, 1.165) is 82.4 Å². The second-order valence-electron chi connectivity index (χ2n) is 12.7. The highest BCUT2D eigenvalue weighted by molar-refractivity contribution is 5.85. The van der Waals surface area contributed by atoms with Crippen LogP contribution in [0.5, 0.6) is 0 Å². The first-order chi connectivity index (χ1) is 21.0. The van der Waals surface area contributed by atoms with E-state index >= 15 is 0 Å². The fraction of sp³-hybridized carbons (Fsp3) is 0.697. The molecular weight excluding hydrogens is 548 g/mol. The molecule has 43 heavy (non-hydrogen) atoms. The van der Waals surface area contributed by atoms with Gasteiger partial charge in [-0.05, 0) is 69.9 Å². The molecule has 10 nitrogen and oxygen atoms in total. The molecule has 4 heterocycles. The number of Topliss-reactive ketones (excluding diaryl/α,β-unsaturated/α-hetero) is 1. The Morgan fingerprint density at radius 1 is 1.12 bits per heavy atom. The van der Waals surface area contributed by atoms with Crippen LogP contribution in [-0.2, 0) is 36.6 Å². The molecule has 5 rings (SSSR count). The summed E-state index contributed by atoms with van der Waals surface area (Å²) < 4.78 is 30.7. The number of furan rings is 1. The number of hydrogen-bond acceptors (Lipinski definition) is 9. The second kappa shape index (κ2) is 15.9. The van der Waals surface area contributed by atoms with Crippen molar-refractivity contribution in [1.29, 1.82) is 0 Å². The van der Waals surface area contributed by atoms with Gasteiger partial charge in [0.2, 0.25) is 0 Å². The maximum atomic E-state index is 13.4. The SMILES string of the molecule is CC(C)(Cc1ccco1)C(C=CC1C(OC2CCCCO2)CC(=O)C1CC=CCCCc1nn[nH]n1)OC1CCCCO1. The predicted octanol–water partition coefficient (Wildman–Crippen LogP) is 5.92. The van der Waals surface area contributed by atoms with Gasteiger partial charge in [0, 0.05) is 49.7 Å². The van der Waals surface area contributed by atoms with Crippen LogP contribution in [0.4, 0.5) is 0 Å². The van der Waals surface area contributed by atoms with Crippen molar-refractivity contribution in [2.24, 2.45) is 17.3 Å². The maximum absolute atomic E-state index is 13.4. The zero-order chi connectivity index (χ0) is 29.9. The first kappa shape index (κ1) is 31.8. The van der Waals surface area contributed by atoms with Gasteiger partial charge in [0.25, 0.3) is 0 Å². The lowest BCUT2D eigenvalue weighted by molar-refractivity contribution is -0.197. The average Bonchev–Trinajstić information content (AvgIpc) is 3.77. The molecule has 1 saturated carbocycles. The number of hydrogen-bond donors (Lipinski definition) is 1. The summed E-state index contributed by atoms with van der Waals surface area (Å²) in [5, 5.41) is 14.1. The summed E-state index contributed by atoms with van der Waals surface area (Å²) in [5.74, 6) is 1.66. The summed E-state index contributed by atoms with van der Waals surface area (Å²) in [5.41, 5.74) is -0.269. The average molecular weight is 597 g/mol. The van der Waals surface area contributed by atoms with Crippen LogP contribution < -0.4 is 0 Å². The van der Waals surface area contributed by atoms with Gasteiger partial charge in [-0.15, -0.1) is 10.2 Å². The third-order valence-electron chi connectivity index (χ3n) is 8.82. The molecule has 10 heteroatoms. The van der Waals surface area contributed by atoms with Crippen LogP contribution in [0.1, 0.15) is 89.6 Å². The number of carbonyl (C=O) groups is 1. The van der Waals surface area contributed by atoms with E-state index in [-0.39, 0.29) is 47.8 Å². The number of carbonyl (C=O) groups excluding carboxylic acids is 1. The summed E-state index contributed by atoms with van der Waals surface area (Å²) in [6.45, 7) is 5.83. The topological polar surface area (TPSA) is 122 Å². The van der Waals surface area contributed by atoms with Crippen LogP contribution in [0.25, 0.3) is 0 Å². The van der Waals surface area contributed by atoms with E-state index in [1.54, 1.807) is 6.26 Å². The van der Waals surface area contributed by atoms with Crippen molar-refractivity contribution in [3.05, 3.63) is 54.3 Å². The molecule has 2 saturated heterocycles. The molecule has 0 radical (unpaired) electrons. The van der Waals surface area contributed by atoms with E-state index in [9.17, 15) is 4.79 Å². The number of ether oxygens (including phenoxy) is 4. The van der Waals surface area contributed by atoms with Gasteiger partial charge in [-0.1, -0.05) is 43.4 Å². The largest absolute Gasteiger partial charge is 0.469 e. The third kappa shape index (κ3) is 9.41. The zero-order valence-corrected chi connectivity index (χ0v) is 25.7. The molecule has 6 atom stereocenters. The number of tetrazole rings is 1. The third-order valence-corrected chi connectivity index (χ3v) is 8.82. The molecule has 0 spiro atoms. The molecule has 2 aromatic heterocycles. The fourth-order valence-corrected chi connectivity index (χ4v) is 6.35. The molecule has 236 valence electrons. The molecule has 0 aromatic carbocycles. The lowest BCUT2D eigenvalue weighted by atomic mass is 9.80. The Morgan fingerprint density at radius 2 is 1.93 bits per heavy atom. The van der Waals surface area contributed by atoms with Crippen LogP contribution in [0.3, 0.4) is 0 Å². The molecule has 3 aliphatic rings. The van der Waals surface area contributed by atoms with Gasteiger partial charge in [0.15, 0.2) is 18.4 Å². The Bertz CT molecular complexity index is 1140. The first-order valence-electron chi connectivity index (χ1n) is 16.1. The summed E-state index contributed by atoms with van der Waals surface area (Å²) in [7, 11) is 0. The molecule has 2 aromatic rings. The van der Waals surface area contributed by atoms with Crippen molar-refractivity contribution >= 4 is 5.78 Å². The Kier molecular flexibility index (Phi) is 11.7. The standard InChI is InChI=1S/C33H48N4O6/c1-33(2,23-24-12-11-21-39-24)29(43-32-16-8-10-20-41-32)18-17-26-25(13-5-3-4-6-14-30-34-36-37-35-30)27(38)22-28(26)42-31-15-7-9-19-40-31/h3,5,11-12,17-18,21,25-26,28-29,31-32H,4,6-10,13-16,19-20,22-23H2,1-2H3,(H,34,35,36,37). The normalized spacial score (nSPS) is 27.9. The zero-order valence-electron chi connectivity index (χ0n) is 25.7. The van der Waals surface area contributed by atoms with E-state index < -0.39 is 0 Å². The molecule has 1 N–H and O–H groups in total. The minimum absolute atomic E-state index is 0.0696. The number of nitrogens with zero attached hydrogens (tertiary/aromatic N) is 3. The highest BCUT2D eigenvalue weighted by atomic mass is 16.7. The van der Waals surface area contributed by atoms with E-state index in [1.165, 1.54) is 0 Å². The van der Waals surface area contributed by atoms with Crippen molar-refractivity contribution in [2.45, 2.75) is 116 Å². The summed E-state index contributed by atoms with van der Waals surface area (Å²) >= 11 is 0. The van der Waals surface area contributed by atoms with E-state index in [1.807, 2.05) is 12.1 Å². The number of unbranched alkanes of at least 4 members (excludes halogenated alkanes) is 1. The quantitative estimate of drug-likeness (QED) is 0.197. The van der Waals surface area contributed by atoms with Gasteiger partial charge in [-0.2, -0.15) is 5.21 Å². The van der Waals surface area contributed by atoms with Crippen LogP contribution in [-0.4, -0.2) is 64.4 Å². The van der Waals surface area contributed by atoms with Gasteiger partial charge in [-0.25, -0.2) is 0 Å². The van der Waals surface area contributed by atoms with E-state index in [4.69, 9.17) is 23.4 Å². The second-order valence-corrected chi connectivity index (χ2v) is 12.7. The number of rotatable bonds is 15. The summed E-state index contributed by atoms with van der Waals surface area (Å²) in [6, 6.07) is 3.93. The van der Waals surface area contributed by atoms with Gasteiger partial charge < -0.3 is 23.4 Å². The molecule has 2 aliphatic heterocycles. The molecule has 6 unspecified atom stereocenters. The minimum atomic E-state index is -0.269. The molecule has 0 bridgehead atoms. The summed E-state index contributed by atoms with van der Waals surface area (Å²) in [6.07, 6.45) is 19.8. The van der Waals surface area contributed by atoms with Gasteiger partial charge in [-0.3, -0.25) is 4.79 Å². The number of aryl methyl sites for hydroxylation is 1. The highest BCUT2D eigenvalue weighted by Gasteiger charge is 2.43. The van der Waals surface area contributed by atoms with Crippen LogP contribution >= 0.6 is 0 Å². The predicted molar refractivity (Wildman–Crippen MR) is 160 cm³/mol. The van der Waals surface area contributed by atoms with Crippen molar-refractivity contribution < 1.29 is 28.2 Å². The molecule has 3 fully saturated rings. The van der Waals surface area contributed by atoms with Gasteiger partial charge >= 0.3 is 0 Å². The number of aromatic amines is 1. The first-order valence-corrected chi connectivity index (χ1v) is 16.1. The van der Waals surface area contributed by atoms with Crippen molar-refractivity contribution in [1.82, 2.24) is 20.6 Å². The summed E-state index contributed by atoms with van der Waals surface area (Å²) in [4.78, 5) is 13.4. The smallest absolute Gasteiger partial charge is 0.174 e.